The molecule has 0 amide bonds. The van der Waals surface area contributed by atoms with Gasteiger partial charge >= 0.3 is 0 Å². The van der Waals surface area contributed by atoms with Crippen molar-refractivity contribution in [1.29, 1.82) is 0 Å². The van der Waals surface area contributed by atoms with Gasteiger partial charge < -0.3 is 9.30 Å². The van der Waals surface area contributed by atoms with Gasteiger partial charge in [0.2, 0.25) is 0 Å². The first-order valence-corrected chi connectivity index (χ1v) is 3.31. The normalized spacial score (nSPS) is 13.4. The maximum atomic E-state index is 5.07. The van der Waals surface area contributed by atoms with Crippen LogP contribution in [0.4, 0.5) is 0 Å². The third kappa shape index (κ3) is 1.84. The number of rotatable bonds is 3. The van der Waals surface area contributed by atoms with Crippen LogP contribution >= 0.6 is 0 Å². The highest BCUT2D eigenvalue weighted by Gasteiger charge is 1.97. The van der Waals surface area contributed by atoms with Gasteiger partial charge in [0.1, 0.15) is 0 Å². The van der Waals surface area contributed by atoms with E-state index in [0.29, 0.717) is 0 Å². The molecule has 0 aromatic carbocycles. The summed E-state index contributed by atoms with van der Waals surface area (Å²) >= 11 is 0. The fourth-order valence-corrected chi connectivity index (χ4v) is 0.766. The lowest BCUT2D eigenvalue weighted by Crippen LogP contribution is -2.12. The van der Waals surface area contributed by atoms with Crippen LogP contribution in [0, 0.1) is 0 Å². The Morgan fingerprint density at radius 3 is 3.00 bits per heavy atom. The van der Waals surface area contributed by atoms with Crippen molar-refractivity contribution in [2.75, 3.05) is 7.11 Å². The second kappa shape index (κ2) is 3.37. The van der Waals surface area contributed by atoms with Crippen LogP contribution in [0.1, 0.15) is 6.92 Å². The van der Waals surface area contributed by atoms with Gasteiger partial charge in [0.15, 0.2) is 0 Å². The summed E-state index contributed by atoms with van der Waals surface area (Å²) in [6.45, 7) is 2.90. The van der Waals surface area contributed by atoms with E-state index in [-0.39, 0.29) is 6.10 Å². The van der Waals surface area contributed by atoms with E-state index >= 15 is 0 Å². The van der Waals surface area contributed by atoms with Crippen molar-refractivity contribution >= 4 is 0 Å². The van der Waals surface area contributed by atoms with E-state index < -0.39 is 0 Å². The van der Waals surface area contributed by atoms with Crippen molar-refractivity contribution < 1.29 is 4.74 Å². The predicted octanol–water partition coefficient (Wildman–Crippen LogP) is 0.918. The Bertz CT molecular complexity index is 172. The molecule has 0 radical (unpaired) electrons. The van der Waals surface area contributed by atoms with Crippen LogP contribution in [0.3, 0.4) is 0 Å². The summed E-state index contributed by atoms with van der Waals surface area (Å²) in [5, 5.41) is 0. The Hall–Kier alpha value is -0.830. The van der Waals surface area contributed by atoms with Crippen molar-refractivity contribution in [3.8, 4) is 0 Å². The fourth-order valence-electron chi connectivity index (χ4n) is 0.766. The quantitative estimate of drug-likeness (QED) is 0.624. The molecule has 1 rings (SSSR count). The zero-order valence-corrected chi connectivity index (χ0v) is 6.32. The van der Waals surface area contributed by atoms with Crippen LogP contribution in [0.15, 0.2) is 18.7 Å². The smallest absolute Gasteiger partial charge is 0.0946 e. The highest BCUT2D eigenvalue weighted by molar-refractivity contribution is 4.74. The van der Waals surface area contributed by atoms with Gasteiger partial charge in [-0.25, -0.2) is 4.98 Å². The van der Waals surface area contributed by atoms with Gasteiger partial charge in [0, 0.05) is 26.0 Å². The molecule has 0 unspecified atom stereocenters. The molecule has 1 atom stereocenters. The SMILES string of the molecule is CO[C@@H](C)Cn1ccnc1. The number of aromatic nitrogens is 2. The average molecular weight is 140 g/mol. The summed E-state index contributed by atoms with van der Waals surface area (Å²) in [5.41, 5.74) is 0. The topological polar surface area (TPSA) is 27.1 Å². The summed E-state index contributed by atoms with van der Waals surface area (Å²) < 4.78 is 7.07. The summed E-state index contributed by atoms with van der Waals surface area (Å²) in [5.74, 6) is 0. The van der Waals surface area contributed by atoms with E-state index in [2.05, 4.69) is 4.98 Å². The molecular formula is C7H12N2O. The molecule has 0 aliphatic rings. The van der Waals surface area contributed by atoms with Crippen LogP contribution in [0.2, 0.25) is 0 Å². The van der Waals surface area contributed by atoms with E-state index in [1.54, 1.807) is 19.6 Å². The molecule has 0 aliphatic carbocycles. The van der Waals surface area contributed by atoms with Gasteiger partial charge in [-0.2, -0.15) is 0 Å². The number of ether oxygens (including phenoxy) is 1. The maximum absolute atomic E-state index is 5.07. The number of imidazole rings is 1. The molecule has 0 aliphatic heterocycles. The van der Waals surface area contributed by atoms with Crippen molar-refractivity contribution in [2.24, 2.45) is 0 Å². The second-order valence-electron chi connectivity index (χ2n) is 2.31. The largest absolute Gasteiger partial charge is 0.380 e. The Balaban J connectivity index is 2.40. The summed E-state index contributed by atoms with van der Waals surface area (Å²) in [4.78, 5) is 3.92. The Labute approximate surface area is 60.6 Å². The molecule has 0 bridgehead atoms. The van der Waals surface area contributed by atoms with E-state index in [1.165, 1.54) is 0 Å². The van der Waals surface area contributed by atoms with E-state index in [9.17, 15) is 0 Å². The fraction of sp³-hybridized carbons (Fsp3) is 0.571. The molecule has 1 aromatic heterocycles. The third-order valence-corrected chi connectivity index (χ3v) is 1.43. The van der Waals surface area contributed by atoms with E-state index in [1.807, 2.05) is 17.7 Å². The van der Waals surface area contributed by atoms with Crippen LogP contribution in [0.5, 0.6) is 0 Å². The van der Waals surface area contributed by atoms with Crippen molar-refractivity contribution in [1.82, 2.24) is 9.55 Å². The highest BCUT2D eigenvalue weighted by atomic mass is 16.5. The monoisotopic (exact) mass is 140 g/mol. The zero-order valence-electron chi connectivity index (χ0n) is 6.32. The number of nitrogens with zero attached hydrogens (tertiary/aromatic N) is 2. The summed E-state index contributed by atoms with van der Waals surface area (Å²) in [6, 6.07) is 0. The second-order valence-corrected chi connectivity index (χ2v) is 2.31. The molecule has 0 N–H and O–H groups in total. The highest BCUT2D eigenvalue weighted by Crippen LogP contribution is 1.93. The minimum Gasteiger partial charge on any atom is -0.380 e. The molecule has 0 spiro atoms. The first-order valence-electron chi connectivity index (χ1n) is 3.31. The molecule has 1 aromatic rings. The molecule has 0 saturated carbocycles. The lowest BCUT2D eigenvalue weighted by atomic mass is 10.4. The molecule has 3 heteroatoms. The lowest BCUT2D eigenvalue weighted by Gasteiger charge is -2.08. The molecule has 3 nitrogen and oxygen atoms in total. The van der Waals surface area contributed by atoms with Gasteiger partial charge in [-0.1, -0.05) is 0 Å². The Morgan fingerprint density at radius 2 is 2.50 bits per heavy atom. The van der Waals surface area contributed by atoms with Crippen molar-refractivity contribution in [2.45, 2.75) is 19.6 Å². The first-order chi connectivity index (χ1) is 4.83. The van der Waals surface area contributed by atoms with Crippen LogP contribution in [0.25, 0.3) is 0 Å². The summed E-state index contributed by atoms with van der Waals surface area (Å²) in [6.07, 6.45) is 5.74. The molecule has 1 heterocycles. The standard InChI is InChI=1S/C7H12N2O/c1-7(10-2)5-9-4-3-8-6-9/h3-4,6-7H,5H2,1-2H3/t7-/m0/s1. The predicted molar refractivity (Wildman–Crippen MR) is 38.7 cm³/mol. The Morgan fingerprint density at radius 1 is 1.70 bits per heavy atom. The van der Waals surface area contributed by atoms with Crippen LogP contribution in [-0.4, -0.2) is 22.8 Å². The van der Waals surface area contributed by atoms with Crippen LogP contribution in [-0.2, 0) is 11.3 Å². The zero-order chi connectivity index (χ0) is 7.40. The lowest BCUT2D eigenvalue weighted by molar-refractivity contribution is 0.103. The van der Waals surface area contributed by atoms with Gasteiger partial charge in [0.05, 0.1) is 12.4 Å². The maximum Gasteiger partial charge on any atom is 0.0946 e. The minimum absolute atomic E-state index is 0.259. The molecule has 56 valence electrons. The first kappa shape index (κ1) is 7.28. The number of methoxy groups -OCH3 is 1. The van der Waals surface area contributed by atoms with Gasteiger partial charge in [-0.15, -0.1) is 0 Å². The van der Waals surface area contributed by atoms with Gasteiger partial charge in [0.25, 0.3) is 0 Å². The van der Waals surface area contributed by atoms with Gasteiger partial charge in [-0.3, -0.25) is 0 Å². The van der Waals surface area contributed by atoms with Crippen molar-refractivity contribution in [3.05, 3.63) is 18.7 Å². The molecular weight excluding hydrogens is 128 g/mol. The average Bonchev–Trinajstić information content (AvgIpc) is 2.40. The van der Waals surface area contributed by atoms with E-state index in [0.717, 1.165) is 6.54 Å². The Kier molecular flexibility index (Phi) is 2.45. The molecule has 0 fully saturated rings. The number of hydrogen-bond donors (Lipinski definition) is 0. The third-order valence-electron chi connectivity index (χ3n) is 1.43. The van der Waals surface area contributed by atoms with Crippen LogP contribution < -0.4 is 0 Å². The number of hydrogen-bond acceptors (Lipinski definition) is 2. The summed E-state index contributed by atoms with van der Waals surface area (Å²) in [7, 11) is 1.71. The molecule has 0 saturated heterocycles. The molecule has 10 heavy (non-hydrogen) atoms. The van der Waals surface area contributed by atoms with Crippen molar-refractivity contribution in [3.63, 3.8) is 0 Å². The van der Waals surface area contributed by atoms with Gasteiger partial charge in [-0.05, 0) is 6.92 Å². The van der Waals surface area contributed by atoms with E-state index in [4.69, 9.17) is 4.74 Å². The minimum atomic E-state index is 0.259.